The molecule has 0 fully saturated rings. The molecule has 0 saturated heterocycles. The molecule has 0 aliphatic rings. The highest BCUT2D eigenvalue weighted by Crippen LogP contribution is 2.31. The summed E-state index contributed by atoms with van der Waals surface area (Å²) in [6, 6.07) is 17.2. The molecular formula is C22H20F4N2O. The third-order valence-corrected chi connectivity index (χ3v) is 4.27. The first kappa shape index (κ1) is 20.5. The molecule has 0 aliphatic carbocycles. The normalized spacial score (nSPS) is 11.2. The van der Waals surface area contributed by atoms with Crippen molar-refractivity contribution in [1.29, 1.82) is 0 Å². The van der Waals surface area contributed by atoms with E-state index in [0.717, 1.165) is 17.8 Å². The van der Waals surface area contributed by atoms with Crippen LogP contribution in [-0.4, -0.2) is 14.1 Å². The molecule has 0 aliphatic heterocycles. The largest absolute Gasteiger partial charge is 0.457 e. The van der Waals surface area contributed by atoms with E-state index >= 15 is 0 Å². The lowest BCUT2D eigenvalue weighted by molar-refractivity contribution is -0.137. The highest BCUT2D eigenvalue weighted by atomic mass is 19.4. The lowest BCUT2D eigenvalue weighted by Crippen LogP contribution is -2.08. The summed E-state index contributed by atoms with van der Waals surface area (Å²) in [5.74, 6) is 0.348. The zero-order valence-corrected chi connectivity index (χ0v) is 15.9. The molecule has 3 aromatic carbocycles. The molecule has 0 bridgehead atoms. The summed E-state index contributed by atoms with van der Waals surface area (Å²) >= 11 is 0. The van der Waals surface area contributed by atoms with Crippen molar-refractivity contribution in [3.05, 3.63) is 83.7 Å². The number of nitrogens with one attached hydrogen (secondary N) is 1. The molecule has 0 radical (unpaired) electrons. The number of rotatable bonds is 6. The van der Waals surface area contributed by atoms with E-state index in [1.54, 1.807) is 24.3 Å². The van der Waals surface area contributed by atoms with Crippen LogP contribution >= 0.6 is 0 Å². The Balaban J connectivity index is 1.68. The van der Waals surface area contributed by atoms with Gasteiger partial charge < -0.3 is 15.0 Å². The number of hydrogen-bond acceptors (Lipinski definition) is 3. The molecule has 0 unspecified atom stereocenters. The standard InChI is InChI=1S/C22H20F4N2O/c1-28(2)18-6-4-8-20(13-18)29-19-7-3-5-17(12-19)27-14-15-9-10-16(11-21(15)23)22(24,25)26/h3-13,27H,14H2,1-2H3. The van der Waals surface area contributed by atoms with E-state index < -0.39 is 17.6 Å². The molecular weight excluding hydrogens is 384 g/mol. The maximum atomic E-state index is 14.0. The van der Waals surface area contributed by atoms with Crippen LogP contribution < -0.4 is 15.0 Å². The van der Waals surface area contributed by atoms with Crippen molar-refractivity contribution in [2.75, 3.05) is 24.3 Å². The molecule has 3 aromatic rings. The number of benzene rings is 3. The maximum absolute atomic E-state index is 14.0. The zero-order chi connectivity index (χ0) is 21.0. The fourth-order valence-corrected chi connectivity index (χ4v) is 2.70. The second-order valence-corrected chi connectivity index (χ2v) is 6.68. The Morgan fingerprint density at radius 1 is 0.897 bits per heavy atom. The summed E-state index contributed by atoms with van der Waals surface area (Å²) in [6.45, 7) is 0.0452. The SMILES string of the molecule is CN(C)c1cccc(Oc2cccc(NCc3ccc(C(F)(F)F)cc3F)c2)c1. The first-order valence-corrected chi connectivity index (χ1v) is 8.87. The van der Waals surface area contributed by atoms with E-state index in [1.165, 1.54) is 0 Å². The second-order valence-electron chi connectivity index (χ2n) is 6.68. The quantitative estimate of drug-likeness (QED) is 0.487. The third kappa shape index (κ3) is 5.40. The topological polar surface area (TPSA) is 24.5 Å². The van der Waals surface area contributed by atoms with Crippen molar-refractivity contribution in [3.63, 3.8) is 0 Å². The van der Waals surface area contributed by atoms with Gasteiger partial charge in [0.05, 0.1) is 5.56 Å². The van der Waals surface area contributed by atoms with E-state index in [9.17, 15) is 17.6 Å². The van der Waals surface area contributed by atoms with Gasteiger partial charge in [0.1, 0.15) is 17.3 Å². The number of hydrogen-bond donors (Lipinski definition) is 1. The fraction of sp³-hybridized carbons (Fsp3) is 0.182. The predicted octanol–water partition coefficient (Wildman–Crippen LogP) is 6.31. The Kier molecular flexibility index (Phi) is 5.96. The number of alkyl halides is 3. The van der Waals surface area contributed by atoms with Crippen LogP contribution in [0.1, 0.15) is 11.1 Å². The number of halogens is 4. The third-order valence-electron chi connectivity index (χ3n) is 4.27. The Labute approximate surface area is 166 Å². The van der Waals surface area contributed by atoms with Crippen LogP contribution in [0.2, 0.25) is 0 Å². The molecule has 0 amide bonds. The molecule has 152 valence electrons. The van der Waals surface area contributed by atoms with Gasteiger partial charge in [-0.3, -0.25) is 0 Å². The van der Waals surface area contributed by atoms with E-state index in [1.807, 2.05) is 43.3 Å². The average molecular weight is 404 g/mol. The molecule has 0 spiro atoms. The predicted molar refractivity (Wildman–Crippen MR) is 106 cm³/mol. The number of ether oxygens (including phenoxy) is 1. The Morgan fingerprint density at radius 2 is 1.59 bits per heavy atom. The lowest BCUT2D eigenvalue weighted by atomic mass is 10.1. The molecule has 0 heterocycles. The summed E-state index contributed by atoms with van der Waals surface area (Å²) < 4.78 is 57.8. The van der Waals surface area contributed by atoms with Crippen molar-refractivity contribution in [2.45, 2.75) is 12.7 Å². The minimum absolute atomic E-state index is 0.0452. The summed E-state index contributed by atoms with van der Waals surface area (Å²) in [5, 5.41) is 3.01. The number of nitrogens with zero attached hydrogens (tertiary/aromatic N) is 1. The molecule has 0 aromatic heterocycles. The minimum atomic E-state index is -4.57. The van der Waals surface area contributed by atoms with Crippen LogP contribution in [0.4, 0.5) is 28.9 Å². The van der Waals surface area contributed by atoms with Crippen molar-refractivity contribution < 1.29 is 22.3 Å². The summed E-state index contributed by atoms with van der Waals surface area (Å²) in [6.07, 6.45) is -4.57. The van der Waals surface area contributed by atoms with E-state index in [4.69, 9.17) is 4.74 Å². The average Bonchev–Trinajstić information content (AvgIpc) is 2.67. The van der Waals surface area contributed by atoms with Crippen LogP contribution in [0, 0.1) is 5.82 Å². The van der Waals surface area contributed by atoms with Gasteiger partial charge in [-0.2, -0.15) is 13.2 Å². The van der Waals surface area contributed by atoms with Gasteiger partial charge in [0.25, 0.3) is 0 Å². The molecule has 3 nitrogen and oxygen atoms in total. The van der Waals surface area contributed by atoms with Crippen molar-refractivity contribution in [1.82, 2.24) is 0 Å². The fourth-order valence-electron chi connectivity index (χ4n) is 2.70. The monoisotopic (exact) mass is 404 g/mol. The summed E-state index contributed by atoms with van der Waals surface area (Å²) in [7, 11) is 3.87. The van der Waals surface area contributed by atoms with Gasteiger partial charge in [0.2, 0.25) is 0 Å². The zero-order valence-electron chi connectivity index (χ0n) is 15.9. The van der Waals surface area contributed by atoms with Gasteiger partial charge >= 0.3 is 6.18 Å². The van der Waals surface area contributed by atoms with E-state index in [2.05, 4.69) is 5.32 Å². The van der Waals surface area contributed by atoms with Crippen molar-refractivity contribution >= 4 is 11.4 Å². The van der Waals surface area contributed by atoms with Gasteiger partial charge in [-0.1, -0.05) is 18.2 Å². The van der Waals surface area contributed by atoms with Gasteiger partial charge in [-0.25, -0.2) is 4.39 Å². The van der Waals surface area contributed by atoms with Crippen molar-refractivity contribution in [3.8, 4) is 11.5 Å². The van der Waals surface area contributed by atoms with Crippen LogP contribution in [0.25, 0.3) is 0 Å². The van der Waals surface area contributed by atoms with Crippen LogP contribution in [0.3, 0.4) is 0 Å². The lowest BCUT2D eigenvalue weighted by Gasteiger charge is -2.14. The number of anilines is 2. The van der Waals surface area contributed by atoms with Crippen LogP contribution in [-0.2, 0) is 12.7 Å². The minimum Gasteiger partial charge on any atom is -0.457 e. The first-order chi connectivity index (χ1) is 13.7. The van der Waals surface area contributed by atoms with Gasteiger partial charge in [0, 0.05) is 49.7 Å². The Hall–Kier alpha value is -3.22. The molecule has 7 heteroatoms. The smallest absolute Gasteiger partial charge is 0.416 e. The van der Waals surface area contributed by atoms with Gasteiger partial charge in [-0.05, 0) is 36.4 Å². The van der Waals surface area contributed by atoms with Crippen LogP contribution in [0.5, 0.6) is 11.5 Å². The highest BCUT2D eigenvalue weighted by molar-refractivity contribution is 5.52. The van der Waals surface area contributed by atoms with Crippen LogP contribution in [0.15, 0.2) is 66.7 Å². The molecule has 1 N–H and O–H groups in total. The Bertz CT molecular complexity index is 987. The second kappa shape index (κ2) is 8.43. The van der Waals surface area contributed by atoms with E-state index in [0.29, 0.717) is 23.3 Å². The summed E-state index contributed by atoms with van der Waals surface area (Å²) in [5.41, 5.74) is 0.789. The first-order valence-electron chi connectivity index (χ1n) is 8.87. The molecule has 29 heavy (non-hydrogen) atoms. The molecule has 0 saturated carbocycles. The van der Waals surface area contributed by atoms with Gasteiger partial charge in [0.15, 0.2) is 0 Å². The van der Waals surface area contributed by atoms with E-state index in [-0.39, 0.29) is 12.1 Å². The Morgan fingerprint density at radius 3 is 2.24 bits per heavy atom. The summed E-state index contributed by atoms with van der Waals surface area (Å²) in [4.78, 5) is 1.96. The highest BCUT2D eigenvalue weighted by Gasteiger charge is 2.31. The molecule has 0 atom stereocenters. The van der Waals surface area contributed by atoms with Crippen molar-refractivity contribution in [2.24, 2.45) is 0 Å². The van der Waals surface area contributed by atoms with Gasteiger partial charge in [-0.15, -0.1) is 0 Å². The molecule has 3 rings (SSSR count). The maximum Gasteiger partial charge on any atom is 0.416 e.